The molecule has 3 aromatic heterocycles. The highest BCUT2D eigenvalue weighted by Gasteiger charge is 2.20. The smallest absolute Gasteiger partial charge is 0.313 e. The van der Waals surface area contributed by atoms with Gasteiger partial charge in [0, 0.05) is 41.4 Å². The highest BCUT2D eigenvalue weighted by Crippen LogP contribution is 2.22. The van der Waals surface area contributed by atoms with Gasteiger partial charge in [0.2, 0.25) is 5.78 Å². The summed E-state index contributed by atoms with van der Waals surface area (Å²) in [5.74, 6) is 0.981. The van der Waals surface area contributed by atoms with Crippen LogP contribution in [-0.4, -0.2) is 29.0 Å². The lowest BCUT2D eigenvalue weighted by Crippen LogP contribution is -2.39. The molecule has 1 aromatic carbocycles. The first kappa shape index (κ1) is 19.1. The summed E-state index contributed by atoms with van der Waals surface area (Å²) < 4.78 is 6.14. The summed E-state index contributed by atoms with van der Waals surface area (Å²) >= 11 is 18.1. The Bertz CT molecular complexity index is 1350. The summed E-state index contributed by atoms with van der Waals surface area (Å²) in [5.41, 5.74) is 1.31. The Kier molecular flexibility index (Phi) is 4.77. The fourth-order valence-corrected chi connectivity index (χ4v) is 4.01. The second-order valence-corrected chi connectivity index (χ2v) is 7.76. The number of nitrogens with zero attached hydrogens (tertiary/aromatic N) is 5. The molecule has 3 heterocycles. The molecule has 7 nitrogen and oxygen atoms in total. The van der Waals surface area contributed by atoms with Crippen molar-refractivity contribution < 1.29 is 0 Å². The molecule has 4 aromatic rings. The zero-order valence-corrected chi connectivity index (χ0v) is 17.4. The van der Waals surface area contributed by atoms with E-state index in [9.17, 15) is 9.59 Å². The second kappa shape index (κ2) is 6.99. The molecule has 0 unspecified atom stereocenters. The molecule has 0 amide bonds. The number of aromatic nitrogens is 5. The van der Waals surface area contributed by atoms with E-state index in [4.69, 9.17) is 34.8 Å². The largest absolute Gasteiger partial charge is 0.332 e. The van der Waals surface area contributed by atoms with E-state index in [0.29, 0.717) is 45.0 Å². The predicted molar refractivity (Wildman–Crippen MR) is 111 cm³/mol. The van der Waals surface area contributed by atoms with Crippen LogP contribution in [-0.2, 0) is 20.1 Å². The molecule has 0 aliphatic carbocycles. The Balaban J connectivity index is 2.00. The van der Waals surface area contributed by atoms with Crippen molar-refractivity contribution in [3.05, 3.63) is 66.5 Å². The van der Waals surface area contributed by atoms with Crippen LogP contribution >= 0.6 is 34.8 Å². The molecule has 4 rings (SSSR count). The Morgan fingerprint density at radius 3 is 2.57 bits per heavy atom. The quantitative estimate of drug-likeness (QED) is 0.458. The van der Waals surface area contributed by atoms with E-state index in [1.165, 1.54) is 4.57 Å². The molecule has 28 heavy (non-hydrogen) atoms. The Morgan fingerprint density at radius 2 is 1.89 bits per heavy atom. The summed E-state index contributed by atoms with van der Waals surface area (Å²) in [6.45, 7) is 2.50. The van der Waals surface area contributed by atoms with Crippen LogP contribution in [0.15, 0.2) is 34.0 Å². The number of benzene rings is 1. The number of halogens is 3. The third-order valence-corrected chi connectivity index (χ3v) is 5.55. The van der Waals surface area contributed by atoms with E-state index in [-0.39, 0.29) is 6.54 Å². The molecule has 0 bridgehead atoms. The molecule has 0 radical (unpaired) electrons. The van der Waals surface area contributed by atoms with Crippen molar-refractivity contribution in [2.75, 3.05) is 5.88 Å². The van der Waals surface area contributed by atoms with Gasteiger partial charge < -0.3 is 4.57 Å². The van der Waals surface area contributed by atoms with Crippen LogP contribution in [0.2, 0.25) is 10.0 Å². The number of aryl methyl sites for hydroxylation is 3. The molecule has 0 aliphatic heterocycles. The van der Waals surface area contributed by atoms with Crippen molar-refractivity contribution in [3.63, 3.8) is 0 Å². The van der Waals surface area contributed by atoms with Crippen molar-refractivity contribution in [3.8, 4) is 0 Å². The summed E-state index contributed by atoms with van der Waals surface area (Å²) in [7, 11) is 1.59. The normalized spacial score (nSPS) is 11.8. The number of fused-ring (bicyclic) bond motifs is 3. The van der Waals surface area contributed by atoms with Gasteiger partial charge in [-0.05, 0) is 24.6 Å². The molecule has 0 aliphatic rings. The molecule has 0 spiro atoms. The van der Waals surface area contributed by atoms with E-state index in [1.807, 2.05) is 17.7 Å². The summed E-state index contributed by atoms with van der Waals surface area (Å²) in [5, 5.41) is 0.877. The third-order valence-electron chi connectivity index (χ3n) is 4.79. The van der Waals surface area contributed by atoms with Crippen molar-refractivity contribution in [2.24, 2.45) is 7.05 Å². The maximum Gasteiger partial charge on any atom is 0.332 e. The molecule has 0 saturated carbocycles. The summed E-state index contributed by atoms with van der Waals surface area (Å²) in [4.78, 5) is 30.6. The van der Waals surface area contributed by atoms with Gasteiger partial charge in [-0.25, -0.2) is 4.79 Å². The highest BCUT2D eigenvalue weighted by molar-refractivity contribution is 6.35. The maximum atomic E-state index is 13.2. The van der Waals surface area contributed by atoms with Crippen LogP contribution in [0.4, 0.5) is 0 Å². The van der Waals surface area contributed by atoms with Gasteiger partial charge in [-0.2, -0.15) is 4.98 Å². The molecule has 0 fully saturated rings. The van der Waals surface area contributed by atoms with Crippen molar-refractivity contribution in [2.45, 2.75) is 20.0 Å². The third kappa shape index (κ3) is 2.85. The van der Waals surface area contributed by atoms with Crippen LogP contribution in [0.3, 0.4) is 0 Å². The monoisotopic (exact) mass is 439 g/mol. The Hall–Kier alpha value is -2.22. The molecule has 0 saturated heterocycles. The van der Waals surface area contributed by atoms with Gasteiger partial charge in [0.25, 0.3) is 5.56 Å². The lowest BCUT2D eigenvalue weighted by molar-refractivity contribution is 0.656. The van der Waals surface area contributed by atoms with Crippen molar-refractivity contribution >= 4 is 51.7 Å². The molecule has 0 N–H and O–H groups in total. The van der Waals surface area contributed by atoms with Crippen molar-refractivity contribution in [1.82, 2.24) is 23.1 Å². The molecular formula is C18H16Cl3N5O2. The molecule has 10 heteroatoms. The van der Waals surface area contributed by atoms with Gasteiger partial charge in [0.1, 0.15) is 0 Å². The highest BCUT2D eigenvalue weighted by atomic mass is 35.5. The Morgan fingerprint density at radius 1 is 1.14 bits per heavy atom. The lowest BCUT2D eigenvalue weighted by atomic mass is 10.2. The van der Waals surface area contributed by atoms with Gasteiger partial charge in [-0.3, -0.25) is 18.3 Å². The second-order valence-electron chi connectivity index (χ2n) is 6.53. The maximum absolute atomic E-state index is 13.2. The van der Waals surface area contributed by atoms with Crippen LogP contribution in [0.25, 0.3) is 16.9 Å². The topological polar surface area (TPSA) is 66.2 Å². The van der Waals surface area contributed by atoms with Gasteiger partial charge in [0.05, 0.1) is 6.54 Å². The zero-order valence-electron chi connectivity index (χ0n) is 15.1. The van der Waals surface area contributed by atoms with Crippen LogP contribution in [0.1, 0.15) is 11.3 Å². The minimum Gasteiger partial charge on any atom is -0.313 e. The minimum absolute atomic E-state index is 0.0338. The van der Waals surface area contributed by atoms with Gasteiger partial charge in [-0.1, -0.05) is 29.3 Å². The number of rotatable bonds is 4. The van der Waals surface area contributed by atoms with Crippen LogP contribution in [0.5, 0.6) is 0 Å². The van der Waals surface area contributed by atoms with E-state index in [2.05, 4.69) is 4.98 Å². The van der Waals surface area contributed by atoms with Crippen LogP contribution in [0, 0.1) is 6.92 Å². The predicted octanol–water partition coefficient (Wildman–Crippen LogP) is 3.05. The number of imidazole rings is 2. The van der Waals surface area contributed by atoms with Gasteiger partial charge in [-0.15, -0.1) is 11.6 Å². The van der Waals surface area contributed by atoms with E-state index in [0.717, 1.165) is 10.3 Å². The first-order valence-electron chi connectivity index (χ1n) is 8.51. The molecule has 146 valence electrons. The summed E-state index contributed by atoms with van der Waals surface area (Å²) in [6, 6.07) is 4.95. The average molecular weight is 441 g/mol. The minimum atomic E-state index is -0.468. The van der Waals surface area contributed by atoms with Gasteiger partial charge in [0.15, 0.2) is 11.2 Å². The van der Waals surface area contributed by atoms with E-state index >= 15 is 0 Å². The average Bonchev–Trinajstić information content (AvgIpc) is 3.15. The SMILES string of the molecule is Cc1cn2c3c(=O)n(Cc4ccc(Cl)cc4Cl)c(=O)n(C)c3nc2n1CCCl. The fourth-order valence-electron chi connectivity index (χ4n) is 3.38. The summed E-state index contributed by atoms with van der Waals surface area (Å²) in [6.07, 6.45) is 1.82. The zero-order chi connectivity index (χ0) is 20.2. The number of hydrogen-bond donors (Lipinski definition) is 0. The standard InChI is InChI=1S/C18H16Cl3N5O2/c1-10-8-25-14-15(22-17(25)24(10)6-5-19)23(2)18(28)26(16(14)27)9-11-3-4-12(20)7-13(11)21/h3-4,7-8H,5-6,9H2,1-2H3. The molecule has 0 atom stereocenters. The van der Waals surface area contributed by atoms with E-state index in [1.54, 1.807) is 29.6 Å². The molecular weight excluding hydrogens is 425 g/mol. The van der Waals surface area contributed by atoms with Crippen LogP contribution < -0.4 is 11.2 Å². The fraction of sp³-hybridized carbons (Fsp3) is 0.278. The number of alkyl halides is 1. The first-order chi connectivity index (χ1) is 13.3. The van der Waals surface area contributed by atoms with E-state index < -0.39 is 11.2 Å². The van der Waals surface area contributed by atoms with Gasteiger partial charge >= 0.3 is 5.69 Å². The Labute approximate surface area is 174 Å². The van der Waals surface area contributed by atoms with Crippen molar-refractivity contribution in [1.29, 1.82) is 0 Å². The lowest BCUT2D eigenvalue weighted by Gasteiger charge is -2.09. The first-order valence-corrected chi connectivity index (χ1v) is 9.80. The number of hydrogen-bond acceptors (Lipinski definition) is 3.